The van der Waals surface area contributed by atoms with Crippen molar-refractivity contribution in [3.8, 4) is 0 Å². The molecule has 3 aliphatic rings. The summed E-state index contributed by atoms with van der Waals surface area (Å²) in [6.45, 7) is 7.79. The number of amides is 1. The first-order chi connectivity index (χ1) is 23.1. The van der Waals surface area contributed by atoms with E-state index in [0.717, 1.165) is 25.7 Å². The molecule has 9 nitrogen and oxygen atoms in total. The molecule has 3 aromatic rings. The van der Waals surface area contributed by atoms with Crippen molar-refractivity contribution in [1.29, 1.82) is 0 Å². The fourth-order valence-electron chi connectivity index (χ4n) is 7.86. The van der Waals surface area contributed by atoms with E-state index in [4.69, 9.17) is 25.5 Å². The number of ether oxygens (including phenoxy) is 2. The summed E-state index contributed by atoms with van der Waals surface area (Å²) in [5, 5.41) is 3.45. The first-order valence-corrected chi connectivity index (χ1v) is 17.7. The van der Waals surface area contributed by atoms with Crippen LogP contribution in [0.25, 0.3) is 11.0 Å². The number of carbonyl (C=O) groups is 3. The fraction of sp³-hybridized carbons (Fsp3) is 0.541. The van der Waals surface area contributed by atoms with E-state index < -0.39 is 17.6 Å². The summed E-state index contributed by atoms with van der Waals surface area (Å²) < 4.78 is 33.7. The zero-order chi connectivity index (χ0) is 34.0. The van der Waals surface area contributed by atoms with Crippen LogP contribution in [-0.4, -0.2) is 71.2 Å². The minimum Gasteiger partial charge on any atom is -0.466 e. The molecule has 2 aromatic carbocycles. The van der Waals surface area contributed by atoms with Crippen LogP contribution in [0, 0.1) is 11.7 Å². The number of benzene rings is 2. The van der Waals surface area contributed by atoms with Crippen molar-refractivity contribution in [3.05, 3.63) is 64.6 Å². The van der Waals surface area contributed by atoms with Gasteiger partial charge in [-0.15, -0.1) is 0 Å². The Balaban J connectivity index is 1.27. The molecule has 48 heavy (non-hydrogen) atoms. The molecule has 0 spiro atoms. The molecule has 3 atom stereocenters. The number of furan rings is 1. The molecule has 6 rings (SSSR count). The van der Waals surface area contributed by atoms with E-state index in [1.807, 2.05) is 13.0 Å². The Morgan fingerprint density at radius 2 is 1.71 bits per heavy atom. The lowest BCUT2D eigenvalue weighted by Gasteiger charge is -2.51. The molecular formula is C37H45ClFN3O6. The third-order valence-electron chi connectivity index (χ3n) is 10.3. The summed E-state index contributed by atoms with van der Waals surface area (Å²) >= 11 is 6.63. The largest absolute Gasteiger partial charge is 0.466 e. The normalized spacial score (nSPS) is 24.9. The molecule has 1 N–H and O–H groups in total. The Bertz CT molecular complexity index is 1640. The molecule has 0 radical (unpaired) electrons. The first kappa shape index (κ1) is 34.5. The summed E-state index contributed by atoms with van der Waals surface area (Å²) in [5.74, 6) is -3.11. The van der Waals surface area contributed by atoms with Crippen LogP contribution >= 0.6 is 11.6 Å². The van der Waals surface area contributed by atoms with Gasteiger partial charge in [0.1, 0.15) is 17.7 Å². The number of hydrogen-bond donors (Lipinski definition) is 1. The molecule has 1 aromatic heterocycles. The van der Waals surface area contributed by atoms with Crippen LogP contribution < -0.4 is 5.32 Å². The van der Waals surface area contributed by atoms with Gasteiger partial charge in [0.05, 0.1) is 34.9 Å². The van der Waals surface area contributed by atoms with Gasteiger partial charge in [0.2, 0.25) is 5.85 Å². The molecule has 258 valence electrons. The lowest BCUT2D eigenvalue weighted by Crippen LogP contribution is -2.70. The van der Waals surface area contributed by atoms with Gasteiger partial charge >= 0.3 is 5.97 Å². The summed E-state index contributed by atoms with van der Waals surface area (Å²) in [6.07, 6.45) is 7.10. The molecule has 2 aliphatic heterocycles. The summed E-state index contributed by atoms with van der Waals surface area (Å²) in [5.41, 5.74) is 1.10. The minimum atomic E-state index is -1.39. The highest BCUT2D eigenvalue weighted by atomic mass is 35.5. The Labute approximate surface area is 286 Å². The molecule has 1 saturated carbocycles. The van der Waals surface area contributed by atoms with Crippen molar-refractivity contribution in [2.45, 2.75) is 103 Å². The third-order valence-corrected chi connectivity index (χ3v) is 10.6. The average Bonchev–Trinajstić information content (AvgIpc) is 3.84. The van der Waals surface area contributed by atoms with Crippen molar-refractivity contribution in [2.24, 2.45) is 5.92 Å². The van der Waals surface area contributed by atoms with Crippen LogP contribution in [0.1, 0.15) is 88.1 Å². The lowest BCUT2D eigenvalue weighted by molar-refractivity contribution is -0.265. The highest BCUT2D eigenvalue weighted by molar-refractivity contribution is 6.34. The van der Waals surface area contributed by atoms with Crippen LogP contribution in [0.4, 0.5) is 10.1 Å². The molecule has 3 fully saturated rings. The van der Waals surface area contributed by atoms with E-state index in [2.05, 4.69) is 29.0 Å². The van der Waals surface area contributed by atoms with Crippen molar-refractivity contribution in [1.82, 2.24) is 9.80 Å². The Morgan fingerprint density at radius 1 is 1.02 bits per heavy atom. The highest BCUT2D eigenvalue weighted by Gasteiger charge is 2.56. The topological polar surface area (TPSA) is 101 Å². The van der Waals surface area contributed by atoms with Crippen molar-refractivity contribution in [3.63, 3.8) is 0 Å². The molecular weight excluding hydrogens is 637 g/mol. The maximum atomic E-state index is 15.9. The number of esters is 1. The number of rotatable bonds is 11. The van der Waals surface area contributed by atoms with E-state index >= 15 is 4.39 Å². The predicted molar refractivity (Wildman–Crippen MR) is 181 cm³/mol. The standard InChI is InChI=1S/C37H45ClFN3O6/c1-4-46-36(45)25-13-15-27(16-14-25)48-37(41-17-7-8-18-41,42-23(2)11-12-24(42)3)34(43)20-26-19-30(38)32(21-31(26)39)40-35(44)29-22-47-33-10-6-5-9-28(29)33/h5-6,9-10,19,21-25,27H,4,7-8,11-18,20H2,1-3H3,(H,40,44)/t23-,24+,25?,27?,37?. The molecule has 1 aliphatic carbocycles. The number of Topliss-reactive ketones (excluding diaryl/α,β-unsaturated/α-hetero) is 1. The van der Waals surface area contributed by atoms with Crippen LogP contribution in [0.3, 0.4) is 0 Å². The number of nitrogens with one attached hydrogen (secondary N) is 1. The zero-order valence-corrected chi connectivity index (χ0v) is 28.7. The number of carbonyl (C=O) groups excluding carboxylic acids is 3. The second kappa shape index (κ2) is 14.7. The van der Waals surface area contributed by atoms with Crippen LogP contribution in [0.15, 0.2) is 47.1 Å². The quantitative estimate of drug-likeness (QED) is 0.210. The number of hydrogen-bond acceptors (Lipinski definition) is 8. The number of likely N-dealkylation sites (tertiary alicyclic amines) is 2. The summed E-state index contributed by atoms with van der Waals surface area (Å²) in [4.78, 5) is 44.8. The zero-order valence-electron chi connectivity index (χ0n) is 27.9. The van der Waals surface area contributed by atoms with E-state index in [1.165, 1.54) is 18.4 Å². The fourth-order valence-corrected chi connectivity index (χ4v) is 8.09. The second-order valence-corrected chi connectivity index (χ2v) is 13.9. The molecule has 1 amide bonds. The number of anilines is 1. The lowest BCUT2D eigenvalue weighted by atomic mass is 9.87. The van der Waals surface area contributed by atoms with Gasteiger partial charge in [-0.25, -0.2) is 4.39 Å². The van der Waals surface area contributed by atoms with Crippen LogP contribution in [0.5, 0.6) is 0 Å². The van der Waals surface area contributed by atoms with Gasteiger partial charge in [-0.05, 0) is 95.9 Å². The molecule has 0 bridgehead atoms. The molecule has 1 unspecified atom stereocenters. The van der Waals surface area contributed by atoms with Gasteiger partial charge in [0.15, 0.2) is 5.78 Å². The van der Waals surface area contributed by atoms with Gasteiger partial charge in [0, 0.05) is 37.0 Å². The third kappa shape index (κ3) is 6.77. The predicted octanol–water partition coefficient (Wildman–Crippen LogP) is 7.35. The van der Waals surface area contributed by atoms with Crippen molar-refractivity contribution < 1.29 is 32.7 Å². The maximum Gasteiger partial charge on any atom is 0.308 e. The van der Waals surface area contributed by atoms with Gasteiger partial charge in [0.25, 0.3) is 5.91 Å². The Morgan fingerprint density at radius 3 is 2.40 bits per heavy atom. The van der Waals surface area contributed by atoms with Crippen molar-refractivity contribution in [2.75, 3.05) is 25.0 Å². The minimum absolute atomic E-state index is 0.0745. The number of ketones is 1. The van der Waals surface area contributed by atoms with Crippen LogP contribution in [-0.2, 0) is 25.5 Å². The maximum absolute atomic E-state index is 15.9. The number of fused-ring (bicyclic) bond motifs is 1. The Hall–Kier alpha value is -3.31. The summed E-state index contributed by atoms with van der Waals surface area (Å²) in [6, 6.07) is 9.88. The van der Waals surface area contributed by atoms with Crippen molar-refractivity contribution >= 4 is 45.9 Å². The Kier molecular flexibility index (Phi) is 10.6. The van der Waals surface area contributed by atoms with Gasteiger partial charge in [-0.2, -0.15) is 0 Å². The molecule has 3 heterocycles. The van der Waals surface area contributed by atoms with Gasteiger partial charge in [-0.3, -0.25) is 24.2 Å². The average molecular weight is 682 g/mol. The summed E-state index contributed by atoms with van der Waals surface area (Å²) in [7, 11) is 0. The number of nitrogens with zero attached hydrogens (tertiary/aromatic N) is 2. The SMILES string of the molecule is CCOC(=O)C1CCC(OC(C(=O)Cc2cc(Cl)c(NC(=O)c3coc4ccccc34)cc2F)(N2CCCC2)N2[C@H](C)CC[C@@H]2C)CC1. The monoisotopic (exact) mass is 681 g/mol. The van der Waals surface area contributed by atoms with E-state index in [0.29, 0.717) is 61.9 Å². The molecule has 2 saturated heterocycles. The van der Waals surface area contributed by atoms with Gasteiger partial charge in [-0.1, -0.05) is 29.8 Å². The smallest absolute Gasteiger partial charge is 0.308 e. The van der Waals surface area contributed by atoms with E-state index in [1.54, 1.807) is 18.2 Å². The highest BCUT2D eigenvalue weighted by Crippen LogP contribution is 2.42. The second-order valence-electron chi connectivity index (χ2n) is 13.5. The van der Waals surface area contributed by atoms with Crippen LogP contribution in [0.2, 0.25) is 5.02 Å². The van der Waals surface area contributed by atoms with E-state index in [9.17, 15) is 14.4 Å². The van der Waals surface area contributed by atoms with E-state index in [-0.39, 0.29) is 58.6 Å². The van der Waals surface area contributed by atoms with Gasteiger partial charge < -0.3 is 19.2 Å². The first-order valence-electron chi connectivity index (χ1n) is 17.3. The number of para-hydroxylation sites is 1. The molecule has 11 heteroatoms. The number of halogens is 2.